The van der Waals surface area contributed by atoms with Gasteiger partial charge in [0.25, 0.3) is 0 Å². The molecule has 1 rings (SSSR count). The predicted molar refractivity (Wildman–Crippen MR) is 56.0 cm³/mol. The van der Waals surface area contributed by atoms with Crippen LogP contribution in [0.25, 0.3) is 0 Å². The molecule has 1 aromatic heterocycles. The number of carbonyl (C=O) groups excluding carboxylic acids is 1. The first kappa shape index (κ1) is 12.9. The minimum atomic E-state index is -0.397. The average Bonchev–Trinajstić information content (AvgIpc) is 2.69. The van der Waals surface area contributed by atoms with Gasteiger partial charge in [0.05, 0.1) is 19.9 Å². The fraction of sp³-hybridized carbons (Fsp3) is 0.556. The lowest BCUT2D eigenvalue weighted by Gasteiger charge is -1.95. The van der Waals surface area contributed by atoms with Crippen LogP contribution in [0, 0.1) is 0 Å². The minimum absolute atomic E-state index is 0.328. The number of rotatable bonds is 3. The summed E-state index contributed by atoms with van der Waals surface area (Å²) < 4.78 is 9.61. The van der Waals surface area contributed by atoms with Gasteiger partial charge >= 0.3 is 5.97 Å². The third-order valence-corrected chi connectivity index (χ3v) is 2.07. The maximum Gasteiger partial charge on any atom is 0.367 e. The van der Waals surface area contributed by atoms with E-state index in [-0.39, 0.29) is 0 Å². The number of carbonyl (C=O) groups is 1. The molecular formula is C9H15NO3S. The van der Waals surface area contributed by atoms with Gasteiger partial charge in [-0.2, -0.15) is 0 Å². The summed E-state index contributed by atoms with van der Waals surface area (Å²) in [6.07, 6.45) is 1.50. The van der Waals surface area contributed by atoms with E-state index < -0.39 is 5.97 Å². The van der Waals surface area contributed by atoms with Crippen molar-refractivity contribution in [3.05, 3.63) is 11.2 Å². The highest BCUT2D eigenvalue weighted by Crippen LogP contribution is 2.20. The SMILES string of the molecule is CC.CCOC(=O)c1ncc(OC)s1. The van der Waals surface area contributed by atoms with Gasteiger partial charge in [0.1, 0.15) is 0 Å². The first-order valence-electron chi connectivity index (χ1n) is 4.45. The van der Waals surface area contributed by atoms with Crippen LogP contribution in [0.15, 0.2) is 6.20 Å². The summed E-state index contributed by atoms with van der Waals surface area (Å²) in [5, 5.41) is 0.937. The van der Waals surface area contributed by atoms with Crippen molar-refractivity contribution in [2.75, 3.05) is 13.7 Å². The number of esters is 1. The fourth-order valence-electron chi connectivity index (χ4n) is 0.641. The molecule has 1 heterocycles. The van der Waals surface area contributed by atoms with Gasteiger partial charge in [-0.05, 0) is 6.92 Å². The van der Waals surface area contributed by atoms with Crippen molar-refractivity contribution < 1.29 is 14.3 Å². The molecule has 14 heavy (non-hydrogen) atoms. The van der Waals surface area contributed by atoms with Crippen molar-refractivity contribution in [2.24, 2.45) is 0 Å². The highest BCUT2D eigenvalue weighted by molar-refractivity contribution is 7.15. The van der Waals surface area contributed by atoms with E-state index >= 15 is 0 Å². The molecule has 80 valence electrons. The molecule has 4 nitrogen and oxygen atoms in total. The summed E-state index contributed by atoms with van der Waals surface area (Å²) in [6.45, 7) is 6.11. The Morgan fingerprint density at radius 1 is 1.57 bits per heavy atom. The minimum Gasteiger partial charge on any atom is -0.486 e. The zero-order chi connectivity index (χ0) is 11.0. The Bertz CT molecular complexity index is 273. The van der Waals surface area contributed by atoms with Gasteiger partial charge in [0.15, 0.2) is 5.06 Å². The van der Waals surface area contributed by atoms with Gasteiger partial charge in [-0.25, -0.2) is 9.78 Å². The van der Waals surface area contributed by atoms with E-state index in [1.165, 1.54) is 24.6 Å². The van der Waals surface area contributed by atoms with Gasteiger partial charge < -0.3 is 9.47 Å². The Hall–Kier alpha value is -1.10. The van der Waals surface area contributed by atoms with E-state index in [0.29, 0.717) is 16.7 Å². The van der Waals surface area contributed by atoms with Crippen molar-refractivity contribution in [2.45, 2.75) is 20.8 Å². The number of nitrogens with zero attached hydrogens (tertiary/aromatic N) is 1. The molecule has 0 radical (unpaired) electrons. The summed E-state index contributed by atoms with van der Waals surface area (Å²) in [7, 11) is 1.53. The van der Waals surface area contributed by atoms with E-state index in [1.807, 2.05) is 13.8 Å². The number of hydrogen-bond acceptors (Lipinski definition) is 5. The van der Waals surface area contributed by atoms with Crippen molar-refractivity contribution in [1.82, 2.24) is 4.98 Å². The van der Waals surface area contributed by atoms with Crippen molar-refractivity contribution in [3.8, 4) is 5.06 Å². The van der Waals surface area contributed by atoms with E-state index in [2.05, 4.69) is 4.98 Å². The smallest absolute Gasteiger partial charge is 0.367 e. The molecule has 0 aliphatic heterocycles. The molecule has 0 atom stereocenters. The molecule has 0 bridgehead atoms. The molecule has 0 spiro atoms. The summed E-state index contributed by atoms with van der Waals surface area (Å²) in [4.78, 5) is 14.9. The molecule has 0 N–H and O–H groups in total. The standard InChI is InChI=1S/C7H9NO3S.C2H6/c1-3-11-7(9)6-8-4-5(10-2)12-6;1-2/h4H,3H2,1-2H3;1-2H3. The maximum absolute atomic E-state index is 11.0. The monoisotopic (exact) mass is 217 g/mol. The summed E-state index contributed by atoms with van der Waals surface area (Å²) in [6, 6.07) is 0. The number of aromatic nitrogens is 1. The molecule has 0 amide bonds. The summed E-state index contributed by atoms with van der Waals surface area (Å²) in [5.41, 5.74) is 0. The molecule has 0 aliphatic rings. The number of hydrogen-bond donors (Lipinski definition) is 0. The van der Waals surface area contributed by atoms with E-state index in [4.69, 9.17) is 9.47 Å². The van der Waals surface area contributed by atoms with Crippen molar-refractivity contribution >= 4 is 17.3 Å². The molecule has 0 aromatic carbocycles. The normalized spacial score (nSPS) is 8.57. The Kier molecular flexibility index (Phi) is 6.74. The summed E-state index contributed by atoms with van der Waals surface area (Å²) >= 11 is 1.17. The van der Waals surface area contributed by atoms with Crippen LogP contribution in [0.2, 0.25) is 0 Å². The van der Waals surface area contributed by atoms with Gasteiger partial charge in [0.2, 0.25) is 5.01 Å². The highest BCUT2D eigenvalue weighted by Gasteiger charge is 2.11. The molecular weight excluding hydrogens is 202 g/mol. The third-order valence-electron chi connectivity index (χ3n) is 1.14. The van der Waals surface area contributed by atoms with Crippen LogP contribution in [0.1, 0.15) is 30.6 Å². The lowest BCUT2D eigenvalue weighted by atomic mass is 10.7. The topological polar surface area (TPSA) is 48.4 Å². The largest absolute Gasteiger partial charge is 0.486 e. The van der Waals surface area contributed by atoms with Crippen LogP contribution in [-0.4, -0.2) is 24.7 Å². The van der Waals surface area contributed by atoms with Gasteiger partial charge in [0, 0.05) is 0 Å². The van der Waals surface area contributed by atoms with Crippen LogP contribution in [-0.2, 0) is 4.74 Å². The van der Waals surface area contributed by atoms with Crippen LogP contribution in [0.4, 0.5) is 0 Å². The highest BCUT2D eigenvalue weighted by atomic mass is 32.1. The lowest BCUT2D eigenvalue weighted by molar-refractivity contribution is 0.0526. The second-order valence-corrected chi connectivity index (χ2v) is 2.90. The average molecular weight is 217 g/mol. The predicted octanol–water partition coefficient (Wildman–Crippen LogP) is 2.35. The molecule has 1 aromatic rings. The number of ether oxygens (including phenoxy) is 2. The fourth-order valence-corrected chi connectivity index (χ4v) is 1.27. The second-order valence-electron chi connectivity index (χ2n) is 1.91. The maximum atomic E-state index is 11.0. The Morgan fingerprint density at radius 2 is 2.21 bits per heavy atom. The molecule has 0 aliphatic carbocycles. The quantitative estimate of drug-likeness (QED) is 0.729. The van der Waals surface area contributed by atoms with Crippen LogP contribution < -0.4 is 4.74 Å². The first-order valence-corrected chi connectivity index (χ1v) is 5.26. The van der Waals surface area contributed by atoms with Crippen molar-refractivity contribution in [1.29, 1.82) is 0 Å². The zero-order valence-corrected chi connectivity index (χ0v) is 9.68. The molecule has 0 unspecified atom stereocenters. The molecule has 0 saturated heterocycles. The lowest BCUT2D eigenvalue weighted by Crippen LogP contribution is -2.03. The first-order chi connectivity index (χ1) is 6.77. The molecule has 0 fully saturated rings. The Morgan fingerprint density at radius 3 is 2.64 bits per heavy atom. The van der Waals surface area contributed by atoms with Gasteiger partial charge in [-0.3, -0.25) is 0 Å². The third kappa shape index (κ3) is 3.74. The number of methoxy groups -OCH3 is 1. The molecule has 5 heteroatoms. The van der Waals surface area contributed by atoms with E-state index in [9.17, 15) is 4.79 Å². The van der Waals surface area contributed by atoms with E-state index in [0.717, 1.165) is 0 Å². The van der Waals surface area contributed by atoms with Gasteiger partial charge in [-0.15, -0.1) is 0 Å². The van der Waals surface area contributed by atoms with Crippen LogP contribution in [0.5, 0.6) is 5.06 Å². The Labute approximate surface area is 87.9 Å². The van der Waals surface area contributed by atoms with Crippen LogP contribution >= 0.6 is 11.3 Å². The van der Waals surface area contributed by atoms with E-state index in [1.54, 1.807) is 6.92 Å². The molecule has 0 saturated carbocycles. The van der Waals surface area contributed by atoms with Crippen molar-refractivity contribution in [3.63, 3.8) is 0 Å². The number of thiazole rings is 1. The Balaban J connectivity index is 0.000000791. The zero-order valence-electron chi connectivity index (χ0n) is 8.86. The summed E-state index contributed by atoms with van der Waals surface area (Å²) in [5.74, 6) is -0.397. The van der Waals surface area contributed by atoms with Gasteiger partial charge in [-0.1, -0.05) is 25.2 Å². The second kappa shape index (κ2) is 7.32. The van der Waals surface area contributed by atoms with Crippen LogP contribution in [0.3, 0.4) is 0 Å².